The summed E-state index contributed by atoms with van der Waals surface area (Å²) in [5.41, 5.74) is 1.24. The average molecular weight is 377 g/mol. The number of benzene rings is 1. The van der Waals surface area contributed by atoms with Gasteiger partial charge in [0, 0.05) is 37.1 Å². The minimum absolute atomic E-state index is 0.471. The number of nitrogens with one attached hydrogen (secondary N) is 2. The summed E-state index contributed by atoms with van der Waals surface area (Å²) in [6.07, 6.45) is 3.71. The van der Waals surface area contributed by atoms with Crippen LogP contribution in [-0.4, -0.2) is 46.2 Å². The Morgan fingerprint density at radius 3 is 2.70 bits per heavy atom. The Morgan fingerprint density at radius 1 is 1.35 bits per heavy atom. The highest BCUT2D eigenvalue weighted by atomic mass is 79.9. The molecule has 0 unspecified atom stereocenters. The number of likely N-dealkylation sites (tertiary alicyclic amines) is 1. The van der Waals surface area contributed by atoms with Crippen LogP contribution >= 0.6 is 15.9 Å². The van der Waals surface area contributed by atoms with E-state index in [-0.39, 0.29) is 0 Å². The molecule has 0 atom stereocenters. The Balaban J connectivity index is 1.52. The molecule has 2 aromatic rings. The second-order valence-corrected chi connectivity index (χ2v) is 6.57. The van der Waals surface area contributed by atoms with E-state index in [0.717, 1.165) is 48.7 Å². The molecule has 0 bridgehead atoms. The molecule has 0 radical (unpaired) electrons. The number of piperidine rings is 1. The van der Waals surface area contributed by atoms with Crippen LogP contribution in [0.2, 0.25) is 0 Å². The first-order valence-corrected chi connectivity index (χ1v) is 8.61. The van der Waals surface area contributed by atoms with Crippen LogP contribution in [0.25, 0.3) is 0 Å². The average Bonchev–Trinajstić information content (AvgIpc) is 3.12. The highest BCUT2D eigenvalue weighted by molar-refractivity contribution is 9.10. The van der Waals surface area contributed by atoms with Crippen LogP contribution < -0.4 is 5.32 Å². The van der Waals surface area contributed by atoms with Crippen molar-refractivity contribution < 1.29 is 0 Å². The first-order chi connectivity index (χ1) is 11.3. The smallest absolute Gasteiger partial charge is 0.193 e. The Morgan fingerprint density at radius 2 is 2.09 bits per heavy atom. The number of rotatable bonds is 3. The van der Waals surface area contributed by atoms with Gasteiger partial charge in [0.25, 0.3) is 0 Å². The number of guanidine groups is 1. The van der Waals surface area contributed by atoms with E-state index in [1.54, 1.807) is 6.33 Å². The maximum Gasteiger partial charge on any atom is 0.193 e. The molecule has 0 aliphatic carbocycles. The molecule has 1 aliphatic rings. The van der Waals surface area contributed by atoms with E-state index >= 15 is 0 Å². The van der Waals surface area contributed by atoms with E-state index in [1.165, 1.54) is 5.56 Å². The van der Waals surface area contributed by atoms with E-state index in [1.807, 2.05) is 7.05 Å². The zero-order valence-corrected chi connectivity index (χ0v) is 14.8. The minimum atomic E-state index is 0.471. The molecule has 23 heavy (non-hydrogen) atoms. The number of hydrogen-bond acceptors (Lipinski definition) is 3. The topological polar surface area (TPSA) is 69.2 Å². The monoisotopic (exact) mass is 376 g/mol. The largest absolute Gasteiger partial charge is 0.352 e. The third-order valence-electron chi connectivity index (χ3n) is 4.19. The second kappa shape index (κ2) is 7.59. The molecular weight excluding hydrogens is 356 g/mol. The summed E-state index contributed by atoms with van der Waals surface area (Å²) >= 11 is 3.46. The maximum atomic E-state index is 4.42. The van der Waals surface area contributed by atoms with Crippen LogP contribution in [0.15, 0.2) is 40.1 Å². The molecule has 3 rings (SSSR count). The van der Waals surface area contributed by atoms with Crippen LogP contribution in [0.3, 0.4) is 0 Å². The molecule has 2 heterocycles. The van der Waals surface area contributed by atoms with Gasteiger partial charge in [-0.1, -0.05) is 28.1 Å². The van der Waals surface area contributed by atoms with Crippen molar-refractivity contribution in [1.29, 1.82) is 0 Å². The summed E-state index contributed by atoms with van der Waals surface area (Å²) in [6.45, 7) is 2.73. The van der Waals surface area contributed by atoms with E-state index in [9.17, 15) is 0 Å². The molecule has 1 saturated heterocycles. The summed E-state index contributed by atoms with van der Waals surface area (Å²) in [5, 5.41) is 10.4. The van der Waals surface area contributed by atoms with Crippen molar-refractivity contribution in [3.05, 3.63) is 46.5 Å². The molecule has 122 valence electrons. The van der Waals surface area contributed by atoms with Crippen molar-refractivity contribution in [3.8, 4) is 0 Å². The highest BCUT2D eigenvalue weighted by Crippen LogP contribution is 2.24. The summed E-state index contributed by atoms with van der Waals surface area (Å²) in [4.78, 5) is 11.0. The lowest BCUT2D eigenvalue weighted by molar-refractivity contribution is 0.299. The first-order valence-electron chi connectivity index (χ1n) is 7.81. The highest BCUT2D eigenvalue weighted by Gasteiger charge is 2.24. The Labute approximate surface area is 144 Å². The quantitative estimate of drug-likeness (QED) is 0.637. The van der Waals surface area contributed by atoms with Crippen LogP contribution in [0.5, 0.6) is 0 Å². The fraction of sp³-hybridized carbons (Fsp3) is 0.438. The molecule has 2 N–H and O–H groups in total. The van der Waals surface area contributed by atoms with Crippen LogP contribution in [0, 0.1) is 0 Å². The van der Waals surface area contributed by atoms with Gasteiger partial charge in [-0.3, -0.25) is 10.1 Å². The molecule has 0 amide bonds. The molecule has 1 aromatic heterocycles. The zero-order chi connectivity index (χ0) is 16.1. The Hall–Kier alpha value is -1.89. The van der Waals surface area contributed by atoms with E-state index in [0.29, 0.717) is 5.92 Å². The number of aliphatic imine (C=N–C) groups is 1. The molecule has 0 spiro atoms. The minimum Gasteiger partial charge on any atom is -0.352 e. The van der Waals surface area contributed by atoms with E-state index in [2.05, 4.69) is 70.6 Å². The maximum absolute atomic E-state index is 4.42. The molecule has 1 aromatic carbocycles. The number of aromatic amines is 1. The van der Waals surface area contributed by atoms with Gasteiger partial charge < -0.3 is 10.2 Å². The van der Waals surface area contributed by atoms with Crippen molar-refractivity contribution in [2.75, 3.05) is 20.1 Å². The summed E-state index contributed by atoms with van der Waals surface area (Å²) < 4.78 is 1.10. The molecule has 6 nitrogen and oxygen atoms in total. The molecular formula is C16H21BrN6. The predicted molar refractivity (Wildman–Crippen MR) is 94.3 cm³/mol. The summed E-state index contributed by atoms with van der Waals surface area (Å²) in [5.74, 6) is 2.43. The zero-order valence-electron chi connectivity index (χ0n) is 13.2. The van der Waals surface area contributed by atoms with Gasteiger partial charge in [0.05, 0.1) is 0 Å². The molecule has 7 heteroatoms. The molecule has 1 fully saturated rings. The SMILES string of the molecule is CN=C(NCc1ccc(Br)cc1)N1CCC(c2ncn[nH]2)CC1. The normalized spacial score (nSPS) is 16.6. The number of hydrogen-bond donors (Lipinski definition) is 2. The summed E-state index contributed by atoms with van der Waals surface area (Å²) in [7, 11) is 1.84. The Bertz CT molecular complexity index is 629. The van der Waals surface area contributed by atoms with Crippen molar-refractivity contribution in [3.63, 3.8) is 0 Å². The number of halogens is 1. The Kier molecular flexibility index (Phi) is 5.27. The lowest BCUT2D eigenvalue weighted by atomic mass is 9.96. The standard InChI is InChI=1S/C16H21BrN6/c1-18-16(19-10-12-2-4-14(17)5-3-12)23-8-6-13(7-9-23)15-20-11-21-22-15/h2-5,11,13H,6-10H2,1H3,(H,18,19)(H,20,21,22). The van der Waals surface area contributed by atoms with Crippen LogP contribution in [0.4, 0.5) is 0 Å². The van der Waals surface area contributed by atoms with Gasteiger partial charge in [-0.05, 0) is 30.5 Å². The third-order valence-corrected chi connectivity index (χ3v) is 4.72. The van der Waals surface area contributed by atoms with Crippen LogP contribution in [0.1, 0.15) is 30.1 Å². The number of H-pyrrole nitrogens is 1. The second-order valence-electron chi connectivity index (χ2n) is 5.66. The molecule has 1 aliphatic heterocycles. The van der Waals surface area contributed by atoms with Crippen LogP contribution in [-0.2, 0) is 6.54 Å². The number of aromatic nitrogens is 3. The number of nitrogens with zero attached hydrogens (tertiary/aromatic N) is 4. The third kappa shape index (κ3) is 4.10. The van der Waals surface area contributed by atoms with Gasteiger partial charge in [0.1, 0.15) is 12.2 Å². The van der Waals surface area contributed by atoms with E-state index < -0.39 is 0 Å². The fourth-order valence-electron chi connectivity index (χ4n) is 2.89. The van der Waals surface area contributed by atoms with Crippen molar-refractivity contribution in [2.45, 2.75) is 25.3 Å². The fourth-order valence-corrected chi connectivity index (χ4v) is 3.16. The summed E-state index contributed by atoms with van der Waals surface area (Å²) in [6, 6.07) is 8.34. The van der Waals surface area contributed by atoms with Gasteiger partial charge >= 0.3 is 0 Å². The van der Waals surface area contributed by atoms with Crippen molar-refractivity contribution >= 4 is 21.9 Å². The van der Waals surface area contributed by atoms with Gasteiger partial charge in [-0.25, -0.2) is 4.98 Å². The lowest BCUT2D eigenvalue weighted by Crippen LogP contribution is -2.45. The molecule has 0 saturated carbocycles. The first kappa shape index (κ1) is 16.0. The predicted octanol–water partition coefficient (Wildman–Crippen LogP) is 2.52. The van der Waals surface area contributed by atoms with Gasteiger partial charge in [-0.15, -0.1) is 0 Å². The van der Waals surface area contributed by atoms with Gasteiger partial charge in [-0.2, -0.15) is 5.10 Å². The van der Waals surface area contributed by atoms with Gasteiger partial charge in [0.2, 0.25) is 0 Å². The van der Waals surface area contributed by atoms with Crippen molar-refractivity contribution in [2.24, 2.45) is 4.99 Å². The lowest BCUT2D eigenvalue weighted by Gasteiger charge is -2.33. The van der Waals surface area contributed by atoms with Gasteiger partial charge in [0.15, 0.2) is 5.96 Å². The van der Waals surface area contributed by atoms with E-state index in [4.69, 9.17) is 0 Å². The van der Waals surface area contributed by atoms with Crippen molar-refractivity contribution in [1.82, 2.24) is 25.4 Å².